The highest BCUT2D eigenvalue weighted by atomic mass is 127. The third-order valence-corrected chi connectivity index (χ3v) is 8.04. The molecule has 2 N–H and O–H groups in total. The van der Waals surface area contributed by atoms with Gasteiger partial charge in [0.25, 0.3) is 0 Å². The van der Waals surface area contributed by atoms with Crippen LogP contribution in [0, 0.1) is 5.92 Å². The number of hydrogen-bond donors (Lipinski definition) is 2. The summed E-state index contributed by atoms with van der Waals surface area (Å²) in [7, 11) is -2.86. The number of para-hydroxylation sites is 1. The molecule has 0 aromatic heterocycles. The number of halogens is 1. The van der Waals surface area contributed by atoms with Gasteiger partial charge in [-0.1, -0.05) is 18.2 Å². The van der Waals surface area contributed by atoms with Gasteiger partial charge in [-0.05, 0) is 51.0 Å². The zero-order valence-corrected chi connectivity index (χ0v) is 20.2. The number of ether oxygens (including phenoxy) is 1. The number of sulfone groups is 1. The second-order valence-corrected chi connectivity index (χ2v) is 10.6. The molecule has 162 valence electrons. The van der Waals surface area contributed by atoms with Crippen molar-refractivity contribution in [2.45, 2.75) is 57.1 Å². The van der Waals surface area contributed by atoms with Crippen molar-refractivity contribution in [1.82, 2.24) is 10.6 Å². The van der Waals surface area contributed by atoms with Gasteiger partial charge in [-0.3, -0.25) is 4.99 Å². The summed E-state index contributed by atoms with van der Waals surface area (Å²) in [4.78, 5) is 4.73. The van der Waals surface area contributed by atoms with Crippen molar-refractivity contribution in [3.05, 3.63) is 29.8 Å². The Morgan fingerprint density at radius 3 is 2.72 bits per heavy atom. The van der Waals surface area contributed by atoms with E-state index in [1.54, 1.807) is 0 Å². The van der Waals surface area contributed by atoms with Crippen LogP contribution in [-0.4, -0.2) is 44.6 Å². The van der Waals surface area contributed by atoms with Gasteiger partial charge >= 0.3 is 0 Å². The summed E-state index contributed by atoms with van der Waals surface area (Å²) >= 11 is 0. The van der Waals surface area contributed by atoms with Gasteiger partial charge in [0, 0.05) is 25.1 Å². The van der Waals surface area contributed by atoms with Crippen molar-refractivity contribution in [1.29, 1.82) is 0 Å². The molecule has 1 spiro atoms. The molecule has 1 aliphatic carbocycles. The maximum Gasteiger partial charge on any atom is 0.191 e. The number of aliphatic imine (C=N–C) groups is 1. The van der Waals surface area contributed by atoms with E-state index in [-0.39, 0.29) is 47.3 Å². The van der Waals surface area contributed by atoms with Gasteiger partial charge in [0.2, 0.25) is 0 Å². The Morgan fingerprint density at radius 2 is 2.03 bits per heavy atom. The monoisotopic (exact) mass is 533 g/mol. The van der Waals surface area contributed by atoms with Crippen LogP contribution < -0.4 is 15.4 Å². The first-order valence-electron chi connectivity index (χ1n) is 10.5. The Morgan fingerprint density at radius 1 is 1.28 bits per heavy atom. The topological polar surface area (TPSA) is 79.8 Å². The number of nitrogens with zero attached hydrogens (tertiary/aromatic N) is 1. The molecule has 2 fully saturated rings. The molecule has 2 atom stereocenters. The smallest absolute Gasteiger partial charge is 0.191 e. The molecule has 1 aromatic carbocycles. The molecule has 1 saturated heterocycles. The predicted octanol–water partition coefficient (Wildman–Crippen LogP) is 3.43. The standard InChI is InChI=1S/C21H31N3O3S.HI/c1-2-22-20(23-14-16-9-12-28(25,26)15-16)24-18-13-21(10-5-6-11-21)27-19-8-4-3-7-17(18)19;/h3-4,7-8,16,18H,2,5-6,9-15H2,1H3,(H2,22,23,24);1H. The first-order valence-corrected chi connectivity index (χ1v) is 12.3. The Kier molecular flexibility index (Phi) is 7.35. The van der Waals surface area contributed by atoms with Crippen LogP contribution in [0.4, 0.5) is 0 Å². The Hall–Kier alpha value is -1.03. The summed E-state index contributed by atoms with van der Waals surface area (Å²) < 4.78 is 29.9. The van der Waals surface area contributed by atoms with E-state index in [1.807, 2.05) is 13.0 Å². The van der Waals surface area contributed by atoms with E-state index in [2.05, 4.69) is 28.8 Å². The van der Waals surface area contributed by atoms with Crippen molar-refractivity contribution >= 4 is 39.8 Å². The van der Waals surface area contributed by atoms with E-state index >= 15 is 0 Å². The summed E-state index contributed by atoms with van der Waals surface area (Å²) in [6, 6.07) is 8.42. The maximum absolute atomic E-state index is 11.7. The maximum atomic E-state index is 11.7. The Bertz CT molecular complexity index is 837. The second-order valence-electron chi connectivity index (χ2n) is 8.42. The molecule has 0 radical (unpaired) electrons. The summed E-state index contributed by atoms with van der Waals surface area (Å²) in [6.45, 7) is 3.36. The Balaban J connectivity index is 0.00000240. The first kappa shape index (κ1) is 22.7. The van der Waals surface area contributed by atoms with Gasteiger partial charge in [-0.2, -0.15) is 0 Å². The van der Waals surface area contributed by atoms with E-state index in [0.717, 1.165) is 37.5 Å². The number of benzene rings is 1. The average molecular weight is 533 g/mol. The molecule has 0 amide bonds. The lowest BCUT2D eigenvalue weighted by Crippen LogP contribution is -2.46. The van der Waals surface area contributed by atoms with Crippen molar-refractivity contribution in [3.63, 3.8) is 0 Å². The van der Waals surface area contributed by atoms with Gasteiger partial charge in [0.15, 0.2) is 15.8 Å². The summed E-state index contributed by atoms with van der Waals surface area (Å²) in [5, 5.41) is 6.95. The van der Waals surface area contributed by atoms with Crippen LogP contribution in [0.2, 0.25) is 0 Å². The molecule has 2 unspecified atom stereocenters. The second kappa shape index (κ2) is 9.41. The van der Waals surface area contributed by atoms with Crippen LogP contribution in [0.5, 0.6) is 5.75 Å². The lowest BCUT2D eigenvalue weighted by Gasteiger charge is -2.40. The van der Waals surface area contributed by atoms with Crippen LogP contribution in [-0.2, 0) is 9.84 Å². The van der Waals surface area contributed by atoms with Crippen molar-refractivity contribution in [2.24, 2.45) is 10.9 Å². The van der Waals surface area contributed by atoms with Crippen LogP contribution >= 0.6 is 24.0 Å². The highest BCUT2D eigenvalue weighted by Gasteiger charge is 2.43. The lowest BCUT2D eigenvalue weighted by atomic mass is 9.86. The number of hydrogen-bond acceptors (Lipinski definition) is 4. The lowest BCUT2D eigenvalue weighted by molar-refractivity contribution is 0.0396. The summed E-state index contributed by atoms with van der Waals surface area (Å²) in [6.07, 6.45) is 6.30. The van der Waals surface area contributed by atoms with E-state index in [0.29, 0.717) is 18.7 Å². The fourth-order valence-corrected chi connectivity index (χ4v) is 6.64. The highest BCUT2D eigenvalue weighted by Crippen LogP contribution is 2.46. The largest absolute Gasteiger partial charge is 0.487 e. The quantitative estimate of drug-likeness (QED) is 0.352. The highest BCUT2D eigenvalue weighted by molar-refractivity contribution is 14.0. The Labute approximate surface area is 191 Å². The molecule has 0 bridgehead atoms. The number of nitrogens with one attached hydrogen (secondary N) is 2. The minimum Gasteiger partial charge on any atom is -0.487 e. The molecular weight excluding hydrogens is 501 g/mol. The number of rotatable bonds is 4. The van der Waals surface area contributed by atoms with Crippen LogP contribution in [0.3, 0.4) is 0 Å². The number of guanidine groups is 1. The molecular formula is C21H32IN3O3S. The fraction of sp³-hybridized carbons (Fsp3) is 0.667. The molecule has 3 aliphatic rings. The zero-order valence-electron chi connectivity index (χ0n) is 17.0. The first-order chi connectivity index (χ1) is 13.5. The molecule has 8 heteroatoms. The van der Waals surface area contributed by atoms with Gasteiger partial charge in [-0.25, -0.2) is 8.42 Å². The van der Waals surface area contributed by atoms with Gasteiger partial charge in [0.1, 0.15) is 11.4 Å². The molecule has 2 aliphatic heterocycles. The minimum absolute atomic E-state index is 0. The fourth-order valence-electron chi connectivity index (χ4n) is 4.79. The summed E-state index contributed by atoms with van der Waals surface area (Å²) in [5.74, 6) is 2.43. The average Bonchev–Trinajstić information content (AvgIpc) is 3.25. The minimum atomic E-state index is -2.86. The predicted molar refractivity (Wildman–Crippen MR) is 127 cm³/mol. The van der Waals surface area contributed by atoms with E-state index in [1.165, 1.54) is 18.4 Å². The van der Waals surface area contributed by atoms with Crippen LogP contribution in [0.25, 0.3) is 0 Å². The van der Waals surface area contributed by atoms with E-state index in [9.17, 15) is 8.42 Å². The van der Waals surface area contributed by atoms with Crippen molar-refractivity contribution in [3.8, 4) is 5.75 Å². The molecule has 4 rings (SSSR count). The third-order valence-electron chi connectivity index (χ3n) is 6.20. The molecule has 29 heavy (non-hydrogen) atoms. The van der Waals surface area contributed by atoms with E-state index < -0.39 is 9.84 Å². The molecule has 1 aromatic rings. The van der Waals surface area contributed by atoms with E-state index in [4.69, 9.17) is 9.73 Å². The van der Waals surface area contributed by atoms with Gasteiger partial charge < -0.3 is 15.4 Å². The molecule has 1 saturated carbocycles. The van der Waals surface area contributed by atoms with Crippen molar-refractivity contribution in [2.75, 3.05) is 24.6 Å². The van der Waals surface area contributed by atoms with Gasteiger partial charge in [-0.15, -0.1) is 24.0 Å². The van der Waals surface area contributed by atoms with Crippen LogP contribution in [0.15, 0.2) is 29.3 Å². The SMILES string of the molecule is CCNC(=NCC1CCS(=O)(=O)C1)NC1CC2(CCCC2)Oc2ccccc21.I. The van der Waals surface area contributed by atoms with Crippen LogP contribution in [0.1, 0.15) is 57.1 Å². The number of fused-ring (bicyclic) bond motifs is 1. The van der Waals surface area contributed by atoms with Gasteiger partial charge in [0.05, 0.1) is 17.5 Å². The van der Waals surface area contributed by atoms with Crippen molar-refractivity contribution < 1.29 is 13.2 Å². The molecule has 6 nitrogen and oxygen atoms in total. The normalized spacial score (nSPS) is 27.0. The zero-order chi connectivity index (χ0) is 19.6. The third kappa shape index (κ3) is 5.37. The summed E-state index contributed by atoms with van der Waals surface area (Å²) in [5.41, 5.74) is 1.11. The molecule has 2 heterocycles.